The summed E-state index contributed by atoms with van der Waals surface area (Å²) in [5.74, 6) is -10.5. The first-order chi connectivity index (χ1) is 10.2. The van der Waals surface area contributed by atoms with Gasteiger partial charge in [-0.3, -0.25) is 4.99 Å². The summed E-state index contributed by atoms with van der Waals surface area (Å²) < 4.78 is 66.0. The smallest absolute Gasteiger partial charge is 0.200 e. The van der Waals surface area contributed by atoms with Crippen LogP contribution in [-0.4, -0.2) is 11.3 Å². The largest absolute Gasteiger partial charge is 0.505 e. The molecule has 0 aliphatic carbocycles. The summed E-state index contributed by atoms with van der Waals surface area (Å²) in [4.78, 5) is 3.62. The highest BCUT2D eigenvalue weighted by Gasteiger charge is 2.24. The molecule has 0 spiro atoms. The summed E-state index contributed by atoms with van der Waals surface area (Å²) in [6.07, 6.45) is 0.490. The second-order valence-corrected chi connectivity index (χ2v) is 4.69. The van der Waals surface area contributed by atoms with Crippen LogP contribution in [0.25, 0.3) is 0 Å². The Morgan fingerprint density at radius 2 is 1.36 bits per heavy atom. The van der Waals surface area contributed by atoms with Gasteiger partial charge in [-0.15, -0.1) is 0 Å². The van der Waals surface area contributed by atoms with Crippen LogP contribution < -0.4 is 0 Å². The Hall–Kier alpha value is -2.44. The Morgan fingerprint density at radius 1 is 0.864 bits per heavy atom. The van der Waals surface area contributed by atoms with Gasteiger partial charge in [-0.25, -0.2) is 22.0 Å². The van der Waals surface area contributed by atoms with Crippen LogP contribution in [0.1, 0.15) is 16.7 Å². The second-order valence-electron chi connectivity index (χ2n) is 4.69. The van der Waals surface area contributed by atoms with Gasteiger partial charge in [-0.05, 0) is 31.0 Å². The number of halogens is 5. The fourth-order valence-corrected chi connectivity index (χ4v) is 1.91. The number of rotatable bonds is 2. The molecular formula is C15H10F5NO. The van der Waals surface area contributed by atoms with Crippen molar-refractivity contribution in [1.82, 2.24) is 0 Å². The van der Waals surface area contributed by atoms with Gasteiger partial charge in [-0.2, -0.15) is 0 Å². The van der Waals surface area contributed by atoms with E-state index in [1.165, 1.54) is 6.07 Å². The quantitative estimate of drug-likeness (QED) is 0.377. The average Bonchev–Trinajstić information content (AvgIpc) is 2.47. The molecule has 0 aliphatic heterocycles. The van der Waals surface area contributed by atoms with E-state index < -0.39 is 34.6 Å². The van der Waals surface area contributed by atoms with Gasteiger partial charge in [0.1, 0.15) is 11.4 Å². The van der Waals surface area contributed by atoms with Crippen LogP contribution in [0.3, 0.4) is 0 Å². The van der Waals surface area contributed by atoms with Gasteiger partial charge < -0.3 is 5.11 Å². The molecule has 0 unspecified atom stereocenters. The molecule has 116 valence electrons. The van der Waals surface area contributed by atoms with E-state index in [4.69, 9.17) is 0 Å². The van der Waals surface area contributed by atoms with E-state index in [1.54, 1.807) is 19.9 Å². The summed E-state index contributed by atoms with van der Waals surface area (Å²) in [5.41, 5.74) is -0.0409. The Bertz CT molecular complexity index is 757. The normalized spacial score (nSPS) is 11.4. The molecule has 0 radical (unpaired) electrons. The monoisotopic (exact) mass is 315 g/mol. The summed E-state index contributed by atoms with van der Waals surface area (Å²) in [7, 11) is 0. The number of aliphatic imine (C=N–C) groups is 1. The molecule has 0 atom stereocenters. The second kappa shape index (κ2) is 5.75. The van der Waals surface area contributed by atoms with E-state index in [0.29, 0.717) is 17.3 Å². The van der Waals surface area contributed by atoms with Gasteiger partial charge in [0.05, 0.1) is 5.56 Å². The van der Waals surface area contributed by atoms with Crippen molar-refractivity contribution in [2.24, 2.45) is 4.99 Å². The fourth-order valence-electron chi connectivity index (χ4n) is 1.91. The standard InChI is InChI=1S/C15H10F5NO/c1-6-3-7(2)15(22)9(4-6)21-5-8-10(16)12(18)14(20)13(19)11(8)17/h3-5,22H,1-2H3/b21-5-. The van der Waals surface area contributed by atoms with Crippen LogP contribution in [0, 0.1) is 42.9 Å². The highest BCUT2D eigenvalue weighted by Crippen LogP contribution is 2.31. The maximum absolute atomic E-state index is 13.5. The van der Waals surface area contributed by atoms with Crippen LogP contribution in [0.5, 0.6) is 5.75 Å². The Balaban J connectivity index is 2.57. The van der Waals surface area contributed by atoms with Crippen molar-refractivity contribution in [1.29, 1.82) is 0 Å². The lowest BCUT2D eigenvalue weighted by Gasteiger charge is -2.06. The number of hydrogen-bond acceptors (Lipinski definition) is 2. The lowest BCUT2D eigenvalue weighted by atomic mass is 10.1. The molecule has 7 heteroatoms. The third-order valence-corrected chi connectivity index (χ3v) is 3.00. The Labute approximate surface area is 122 Å². The molecule has 2 aromatic carbocycles. The minimum Gasteiger partial charge on any atom is -0.505 e. The lowest BCUT2D eigenvalue weighted by Crippen LogP contribution is -2.06. The number of aromatic hydroxyl groups is 1. The third kappa shape index (κ3) is 2.66. The van der Waals surface area contributed by atoms with Crippen molar-refractivity contribution in [2.45, 2.75) is 13.8 Å². The number of phenols is 1. The highest BCUT2D eigenvalue weighted by atomic mass is 19.2. The molecule has 22 heavy (non-hydrogen) atoms. The molecular weight excluding hydrogens is 305 g/mol. The van der Waals surface area contributed by atoms with E-state index in [9.17, 15) is 27.1 Å². The van der Waals surface area contributed by atoms with Gasteiger partial charge in [0.25, 0.3) is 0 Å². The molecule has 0 amide bonds. The first-order valence-electron chi connectivity index (χ1n) is 6.09. The predicted octanol–water partition coefficient (Wildman–Crippen LogP) is 4.46. The van der Waals surface area contributed by atoms with Gasteiger partial charge in [0.2, 0.25) is 5.82 Å². The first kappa shape index (κ1) is 15.9. The SMILES string of the molecule is Cc1cc(C)c(O)c(/N=C\c2c(F)c(F)c(F)c(F)c2F)c1. The van der Waals surface area contributed by atoms with Crippen molar-refractivity contribution >= 4 is 11.9 Å². The topological polar surface area (TPSA) is 32.6 Å². The molecule has 0 aliphatic rings. The predicted molar refractivity (Wildman–Crippen MR) is 71.1 cm³/mol. The first-order valence-corrected chi connectivity index (χ1v) is 6.09. The summed E-state index contributed by atoms with van der Waals surface area (Å²) >= 11 is 0. The van der Waals surface area contributed by atoms with Crippen molar-refractivity contribution in [3.63, 3.8) is 0 Å². The zero-order valence-electron chi connectivity index (χ0n) is 11.5. The molecule has 1 N–H and O–H groups in total. The fraction of sp³-hybridized carbons (Fsp3) is 0.133. The molecule has 0 bridgehead atoms. The molecule has 2 rings (SSSR count). The maximum atomic E-state index is 13.5. The van der Waals surface area contributed by atoms with Crippen molar-refractivity contribution in [3.8, 4) is 5.75 Å². The van der Waals surface area contributed by atoms with Crippen molar-refractivity contribution < 1.29 is 27.1 Å². The molecule has 2 nitrogen and oxygen atoms in total. The molecule has 0 fully saturated rings. The molecule has 0 heterocycles. The van der Waals surface area contributed by atoms with E-state index in [0.717, 1.165) is 0 Å². The van der Waals surface area contributed by atoms with Crippen molar-refractivity contribution in [3.05, 3.63) is 57.9 Å². The number of hydrogen-bond donors (Lipinski definition) is 1. The third-order valence-electron chi connectivity index (χ3n) is 3.00. The summed E-state index contributed by atoms with van der Waals surface area (Å²) in [5, 5.41) is 9.78. The zero-order chi connectivity index (χ0) is 16.6. The van der Waals surface area contributed by atoms with Crippen LogP contribution in [-0.2, 0) is 0 Å². The van der Waals surface area contributed by atoms with E-state index in [-0.39, 0.29) is 11.4 Å². The van der Waals surface area contributed by atoms with E-state index in [1.807, 2.05) is 0 Å². The average molecular weight is 315 g/mol. The number of nitrogens with zero attached hydrogens (tertiary/aromatic N) is 1. The Kier molecular flexibility index (Phi) is 4.16. The van der Waals surface area contributed by atoms with Gasteiger partial charge in [0.15, 0.2) is 23.3 Å². The number of benzene rings is 2. The van der Waals surface area contributed by atoms with E-state index >= 15 is 0 Å². The van der Waals surface area contributed by atoms with Crippen LogP contribution in [0.15, 0.2) is 17.1 Å². The molecule has 0 saturated carbocycles. The Morgan fingerprint density at radius 3 is 1.91 bits per heavy atom. The summed E-state index contributed by atoms with van der Waals surface area (Å²) in [6, 6.07) is 3.05. The molecule has 0 saturated heterocycles. The zero-order valence-corrected chi connectivity index (χ0v) is 11.5. The maximum Gasteiger partial charge on any atom is 0.200 e. The molecule has 2 aromatic rings. The van der Waals surface area contributed by atoms with Crippen LogP contribution in [0.2, 0.25) is 0 Å². The minimum atomic E-state index is -2.23. The van der Waals surface area contributed by atoms with E-state index in [2.05, 4.69) is 4.99 Å². The van der Waals surface area contributed by atoms with Gasteiger partial charge in [0, 0.05) is 6.21 Å². The van der Waals surface area contributed by atoms with Crippen molar-refractivity contribution in [2.75, 3.05) is 0 Å². The number of phenolic OH excluding ortho intramolecular Hbond substituents is 1. The molecule has 0 aromatic heterocycles. The van der Waals surface area contributed by atoms with Crippen LogP contribution in [0.4, 0.5) is 27.6 Å². The number of aryl methyl sites for hydroxylation is 2. The van der Waals surface area contributed by atoms with Crippen LogP contribution >= 0.6 is 0 Å². The lowest BCUT2D eigenvalue weighted by molar-refractivity contribution is 0.377. The van der Waals surface area contributed by atoms with Gasteiger partial charge >= 0.3 is 0 Å². The van der Waals surface area contributed by atoms with Gasteiger partial charge in [-0.1, -0.05) is 6.07 Å². The minimum absolute atomic E-state index is 0.0403. The highest BCUT2D eigenvalue weighted by molar-refractivity contribution is 5.83. The summed E-state index contributed by atoms with van der Waals surface area (Å²) in [6.45, 7) is 3.28.